The van der Waals surface area contributed by atoms with Gasteiger partial charge in [0.1, 0.15) is 5.82 Å². The number of hydrogen-bond donors (Lipinski definition) is 1. The van der Waals surface area contributed by atoms with Gasteiger partial charge in [-0.25, -0.2) is 9.78 Å². The van der Waals surface area contributed by atoms with Crippen LogP contribution in [0.1, 0.15) is 25.3 Å². The molecular weight excluding hydrogens is 264 g/mol. The highest BCUT2D eigenvalue weighted by Gasteiger charge is 2.05. The second kappa shape index (κ2) is 7.43. The van der Waals surface area contributed by atoms with Gasteiger partial charge in [0.2, 0.25) is 0 Å². The molecule has 0 saturated carbocycles. The van der Waals surface area contributed by atoms with Crippen molar-refractivity contribution in [3.8, 4) is 11.1 Å². The maximum Gasteiger partial charge on any atom is 0.412 e. The lowest BCUT2D eigenvalue weighted by Crippen LogP contribution is -2.15. The number of ether oxygens (including phenoxy) is 1. The second-order valence-corrected chi connectivity index (χ2v) is 4.91. The molecule has 0 saturated heterocycles. The van der Waals surface area contributed by atoms with E-state index in [4.69, 9.17) is 4.74 Å². The second-order valence-electron chi connectivity index (χ2n) is 4.91. The number of carbonyl (C=O) groups is 1. The molecule has 0 aliphatic rings. The first-order valence-corrected chi connectivity index (χ1v) is 7.16. The normalized spacial score (nSPS) is 10.2. The zero-order chi connectivity index (χ0) is 15.1. The lowest BCUT2D eigenvalue weighted by atomic mass is 10.1. The van der Waals surface area contributed by atoms with Crippen LogP contribution in [0.3, 0.4) is 0 Å². The van der Waals surface area contributed by atoms with E-state index in [0.717, 1.165) is 24.0 Å². The molecule has 1 N–H and O–H groups in total. The third-order valence-electron chi connectivity index (χ3n) is 3.11. The Labute approximate surface area is 125 Å². The molecule has 0 radical (unpaired) electrons. The minimum atomic E-state index is -0.461. The van der Waals surface area contributed by atoms with Gasteiger partial charge < -0.3 is 4.74 Å². The molecule has 2 rings (SSSR count). The number of hydrogen-bond acceptors (Lipinski definition) is 3. The van der Waals surface area contributed by atoms with Crippen LogP contribution in [0, 0.1) is 6.92 Å². The highest BCUT2D eigenvalue weighted by Crippen LogP contribution is 2.21. The van der Waals surface area contributed by atoms with Crippen molar-refractivity contribution in [2.24, 2.45) is 0 Å². The highest BCUT2D eigenvalue weighted by atomic mass is 16.5. The number of aryl methyl sites for hydroxylation is 1. The standard InChI is InChI=1S/C17H20N2O2/c1-3-4-11-21-17(20)19-16-12-15(9-10-18-16)14-7-5-13(2)6-8-14/h5-10,12H,3-4,11H2,1-2H3,(H,18,19,20). The van der Waals surface area contributed by atoms with E-state index in [0.29, 0.717) is 12.4 Å². The molecule has 4 nitrogen and oxygen atoms in total. The Bertz CT molecular complexity index is 594. The predicted octanol–water partition coefficient (Wildman–Crippen LogP) is 4.41. The summed E-state index contributed by atoms with van der Waals surface area (Å²) in [5.41, 5.74) is 3.31. The van der Waals surface area contributed by atoms with Crippen molar-refractivity contribution in [1.82, 2.24) is 4.98 Å². The summed E-state index contributed by atoms with van der Waals surface area (Å²) in [4.78, 5) is 15.7. The zero-order valence-electron chi connectivity index (χ0n) is 12.4. The van der Waals surface area contributed by atoms with E-state index in [-0.39, 0.29) is 0 Å². The summed E-state index contributed by atoms with van der Waals surface area (Å²) < 4.78 is 5.06. The van der Waals surface area contributed by atoms with Gasteiger partial charge in [0.05, 0.1) is 6.61 Å². The third-order valence-corrected chi connectivity index (χ3v) is 3.11. The molecule has 0 fully saturated rings. The summed E-state index contributed by atoms with van der Waals surface area (Å²) in [7, 11) is 0. The molecule has 2 aromatic rings. The summed E-state index contributed by atoms with van der Waals surface area (Å²) in [5, 5.41) is 2.65. The van der Waals surface area contributed by atoms with Gasteiger partial charge in [0.25, 0.3) is 0 Å². The van der Waals surface area contributed by atoms with Crippen LogP contribution < -0.4 is 5.32 Å². The van der Waals surface area contributed by atoms with Gasteiger partial charge in [0.15, 0.2) is 0 Å². The number of nitrogens with one attached hydrogen (secondary N) is 1. The van der Waals surface area contributed by atoms with E-state index in [2.05, 4.69) is 29.4 Å². The SMILES string of the molecule is CCCCOC(=O)Nc1cc(-c2ccc(C)cc2)ccn1. The summed E-state index contributed by atoms with van der Waals surface area (Å²) >= 11 is 0. The van der Waals surface area contributed by atoms with E-state index in [1.54, 1.807) is 6.20 Å². The van der Waals surface area contributed by atoms with E-state index in [9.17, 15) is 4.79 Å². The van der Waals surface area contributed by atoms with Gasteiger partial charge in [-0.1, -0.05) is 43.2 Å². The number of anilines is 1. The van der Waals surface area contributed by atoms with Crippen LogP contribution in [0.15, 0.2) is 42.6 Å². The molecule has 110 valence electrons. The smallest absolute Gasteiger partial charge is 0.412 e. The maximum atomic E-state index is 11.6. The first kappa shape index (κ1) is 15.0. The van der Waals surface area contributed by atoms with Gasteiger partial charge in [-0.2, -0.15) is 0 Å². The quantitative estimate of drug-likeness (QED) is 0.828. The van der Waals surface area contributed by atoms with Crippen LogP contribution >= 0.6 is 0 Å². The van der Waals surface area contributed by atoms with Crippen molar-refractivity contribution in [3.05, 3.63) is 48.2 Å². The van der Waals surface area contributed by atoms with Crippen molar-refractivity contribution in [2.45, 2.75) is 26.7 Å². The van der Waals surface area contributed by atoms with Crippen molar-refractivity contribution in [3.63, 3.8) is 0 Å². The van der Waals surface area contributed by atoms with Crippen molar-refractivity contribution >= 4 is 11.9 Å². The van der Waals surface area contributed by atoms with Crippen LogP contribution in [0.25, 0.3) is 11.1 Å². The van der Waals surface area contributed by atoms with Gasteiger partial charge in [-0.3, -0.25) is 5.32 Å². The van der Waals surface area contributed by atoms with E-state index < -0.39 is 6.09 Å². The van der Waals surface area contributed by atoms with Crippen LogP contribution in [-0.2, 0) is 4.74 Å². The molecule has 1 amide bonds. The van der Waals surface area contributed by atoms with E-state index in [1.165, 1.54) is 5.56 Å². The molecular formula is C17H20N2O2. The lowest BCUT2D eigenvalue weighted by Gasteiger charge is -2.07. The number of amides is 1. The molecule has 0 bridgehead atoms. The van der Waals surface area contributed by atoms with E-state index in [1.807, 2.05) is 31.2 Å². The molecule has 0 atom stereocenters. The molecule has 1 heterocycles. The summed E-state index contributed by atoms with van der Waals surface area (Å²) in [5.74, 6) is 0.495. The predicted molar refractivity (Wildman–Crippen MR) is 84.3 cm³/mol. The van der Waals surface area contributed by atoms with Crippen molar-refractivity contribution in [1.29, 1.82) is 0 Å². The Hall–Kier alpha value is -2.36. The Morgan fingerprint density at radius 2 is 1.95 bits per heavy atom. The fourth-order valence-corrected chi connectivity index (χ4v) is 1.87. The number of benzene rings is 1. The minimum Gasteiger partial charge on any atom is -0.449 e. The van der Waals surface area contributed by atoms with Gasteiger partial charge in [0, 0.05) is 6.20 Å². The Morgan fingerprint density at radius 3 is 2.67 bits per heavy atom. The molecule has 0 aliphatic carbocycles. The molecule has 0 spiro atoms. The Morgan fingerprint density at radius 1 is 1.19 bits per heavy atom. The third kappa shape index (κ3) is 4.60. The average molecular weight is 284 g/mol. The minimum absolute atomic E-state index is 0.431. The monoisotopic (exact) mass is 284 g/mol. The number of nitrogens with zero attached hydrogens (tertiary/aromatic N) is 1. The molecule has 4 heteroatoms. The van der Waals surface area contributed by atoms with Crippen LogP contribution in [0.5, 0.6) is 0 Å². The zero-order valence-corrected chi connectivity index (χ0v) is 12.4. The Balaban J connectivity index is 2.04. The number of rotatable bonds is 5. The number of unbranched alkanes of at least 4 members (excludes halogenated alkanes) is 1. The molecule has 0 unspecified atom stereocenters. The first-order chi connectivity index (χ1) is 10.2. The number of aromatic nitrogens is 1. The van der Waals surface area contributed by atoms with Crippen molar-refractivity contribution in [2.75, 3.05) is 11.9 Å². The topological polar surface area (TPSA) is 51.2 Å². The molecule has 21 heavy (non-hydrogen) atoms. The largest absolute Gasteiger partial charge is 0.449 e. The summed E-state index contributed by atoms with van der Waals surface area (Å²) in [6.45, 7) is 4.53. The lowest BCUT2D eigenvalue weighted by molar-refractivity contribution is 0.160. The summed E-state index contributed by atoms with van der Waals surface area (Å²) in [6.07, 6.45) is 3.08. The first-order valence-electron chi connectivity index (χ1n) is 7.16. The summed E-state index contributed by atoms with van der Waals surface area (Å²) in [6, 6.07) is 12.0. The molecule has 1 aromatic carbocycles. The van der Waals surface area contributed by atoms with Crippen LogP contribution in [0.4, 0.5) is 10.6 Å². The number of carbonyl (C=O) groups excluding carboxylic acids is 1. The fraction of sp³-hybridized carbons (Fsp3) is 0.294. The number of pyridine rings is 1. The van der Waals surface area contributed by atoms with Gasteiger partial charge >= 0.3 is 6.09 Å². The highest BCUT2D eigenvalue weighted by molar-refractivity contribution is 5.84. The molecule has 1 aromatic heterocycles. The van der Waals surface area contributed by atoms with Crippen LogP contribution in [-0.4, -0.2) is 17.7 Å². The van der Waals surface area contributed by atoms with Crippen molar-refractivity contribution < 1.29 is 9.53 Å². The Kier molecular flexibility index (Phi) is 5.32. The molecule has 0 aliphatic heterocycles. The maximum absolute atomic E-state index is 11.6. The average Bonchev–Trinajstić information content (AvgIpc) is 2.48. The van der Waals surface area contributed by atoms with Crippen LogP contribution in [0.2, 0.25) is 0 Å². The van der Waals surface area contributed by atoms with Gasteiger partial charge in [-0.05, 0) is 36.6 Å². The van der Waals surface area contributed by atoms with Gasteiger partial charge in [-0.15, -0.1) is 0 Å². The van der Waals surface area contributed by atoms with E-state index >= 15 is 0 Å². The fourth-order valence-electron chi connectivity index (χ4n) is 1.87.